The summed E-state index contributed by atoms with van der Waals surface area (Å²) in [6.45, 7) is 7.52. The van der Waals surface area contributed by atoms with E-state index in [0.717, 1.165) is 6.42 Å². The molecule has 0 aromatic rings. The summed E-state index contributed by atoms with van der Waals surface area (Å²) in [5, 5.41) is 0. The molecule has 2 nitrogen and oxygen atoms in total. The summed E-state index contributed by atoms with van der Waals surface area (Å²) in [5.74, 6) is -0.181. The van der Waals surface area contributed by atoms with Crippen molar-refractivity contribution < 1.29 is 9.53 Å². The van der Waals surface area contributed by atoms with Gasteiger partial charge in [-0.1, -0.05) is 22.9 Å². The number of carbonyl (C=O) groups is 1. The Kier molecular flexibility index (Phi) is 4.08. The van der Waals surface area contributed by atoms with Crippen LogP contribution < -0.4 is 0 Å². The fraction of sp³-hybridized carbons (Fsp3) is 0.875. The molecule has 0 rings (SSSR count). The lowest BCUT2D eigenvalue weighted by molar-refractivity contribution is -0.153. The van der Waals surface area contributed by atoms with Gasteiger partial charge in [0.05, 0.1) is 0 Å². The lowest BCUT2D eigenvalue weighted by Crippen LogP contribution is -2.28. The van der Waals surface area contributed by atoms with E-state index in [1.54, 1.807) is 0 Å². The van der Waals surface area contributed by atoms with E-state index in [4.69, 9.17) is 4.74 Å². The van der Waals surface area contributed by atoms with Crippen molar-refractivity contribution in [1.82, 2.24) is 0 Å². The maximum Gasteiger partial charge on any atom is 0.320 e. The zero-order valence-corrected chi connectivity index (χ0v) is 9.06. The Balaban J connectivity index is 3.88. The van der Waals surface area contributed by atoms with Gasteiger partial charge in [-0.2, -0.15) is 0 Å². The lowest BCUT2D eigenvalue weighted by Gasteiger charge is -2.20. The maximum atomic E-state index is 11.1. The molecule has 0 fully saturated rings. The van der Waals surface area contributed by atoms with Gasteiger partial charge in [0.15, 0.2) is 0 Å². The number of ether oxygens (including phenoxy) is 1. The first-order valence-electron chi connectivity index (χ1n) is 3.73. The van der Waals surface area contributed by atoms with Gasteiger partial charge < -0.3 is 4.74 Å². The number of esters is 1. The second kappa shape index (κ2) is 4.10. The smallest absolute Gasteiger partial charge is 0.320 e. The monoisotopic (exact) mass is 222 g/mol. The second-order valence-corrected chi connectivity index (χ2v) is 4.51. The minimum absolute atomic E-state index is 0.165. The number of hydrogen-bond acceptors (Lipinski definition) is 2. The van der Waals surface area contributed by atoms with Crippen molar-refractivity contribution in [3.8, 4) is 0 Å². The van der Waals surface area contributed by atoms with Crippen molar-refractivity contribution in [3.05, 3.63) is 0 Å². The highest BCUT2D eigenvalue weighted by Gasteiger charge is 2.21. The van der Waals surface area contributed by atoms with Crippen molar-refractivity contribution >= 4 is 21.9 Å². The van der Waals surface area contributed by atoms with Gasteiger partial charge in [-0.25, -0.2) is 0 Å². The van der Waals surface area contributed by atoms with Crippen molar-refractivity contribution in [1.29, 1.82) is 0 Å². The highest BCUT2D eigenvalue weighted by molar-refractivity contribution is 9.10. The van der Waals surface area contributed by atoms with Crippen LogP contribution in [-0.4, -0.2) is 16.4 Å². The van der Waals surface area contributed by atoms with Gasteiger partial charge in [-0.15, -0.1) is 0 Å². The molecule has 0 spiro atoms. The van der Waals surface area contributed by atoms with E-state index in [1.165, 1.54) is 0 Å². The third kappa shape index (κ3) is 5.24. The van der Waals surface area contributed by atoms with Gasteiger partial charge in [0.1, 0.15) is 10.4 Å². The van der Waals surface area contributed by atoms with Crippen LogP contribution in [0.4, 0.5) is 0 Å². The van der Waals surface area contributed by atoms with E-state index in [9.17, 15) is 4.79 Å². The Hall–Kier alpha value is -0.0500. The molecule has 0 heterocycles. The molecular weight excluding hydrogens is 208 g/mol. The van der Waals surface area contributed by atoms with Crippen LogP contribution in [0.3, 0.4) is 0 Å². The molecular formula is C8H15BrO2. The van der Waals surface area contributed by atoms with Crippen LogP contribution in [0.25, 0.3) is 0 Å². The van der Waals surface area contributed by atoms with Crippen LogP contribution in [0.5, 0.6) is 0 Å². The second-order valence-electron chi connectivity index (χ2n) is 3.41. The topological polar surface area (TPSA) is 26.3 Å². The fourth-order valence-electron chi connectivity index (χ4n) is 0.532. The molecule has 3 heteroatoms. The van der Waals surface area contributed by atoms with E-state index in [1.807, 2.05) is 27.7 Å². The van der Waals surface area contributed by atoms with Gasteiger partial charge in [-0.3, -0.25) is 4.79 Å². The summed E-state index contributed by atoms with van der Waals surface area (Å²) in [6, 6.07) is 0. The van der Waals surface area contributed by atoms with Gasteiger partial charge >= 0.3 is 5.97 Å². The zero-order chi connectivity index (χ0) is 9.07. The normalized spacial score (nSPS) is 14.3. The first-order chi connectivity index (χ1) is 4.87. The molecule has 66 valence electrons. The van der Waals surface area contributed by atoms with Crippen molar-refractivity contribution in [2.45, 2.75) is 44.5 Å². The third-order valence-electron chi connectivity index (χ3n) is 1.02. The minimum atomic E-state index is -0.377. The number of rotatable bonds is 2. The molecule has 11 heavy (non-hydrogen) atoms. The quantitative estimate of drug-likeness (QED) is 0.531. The van der Waals surface area contributed by atoms with Crippen molar-refractivity contribution in [3.63, 3.8) is 0 Å². The standard InChI is InChI=1S/C8H15BrO2/c1-5-6(9)7(10)11-8(2,3)4/h6H,5H2,1-4H3/t6-/m1/s1. The Morgan fingerprint density at radius 2 is 2.00 bits per heavy atom. The SMILES string of the molecule is CC[C@@H](Br)C(=O)OC(C)(C)C. The van der Waals surface area contributed by atoms with Gasteiger partial charge in [0, 0.05) is 0 Å². The van der Waals surface area contributed by atoms with Crippen LogP contribution >= 0.6 is 15.9 Å². The summed E-state index contributed by atoms with van der Waals surface area (Å²) >= 11 is 3.22. The molecule has 0 aliphatic rings. The number of carbonyl (C=O) groups excluding carboxylic acids is 1. The van der Waals surface area contributed by atoms with E-state index in [0.29, 0.717) is 0 Å². The lowest BCUT2D eigenvalue weighted by atomic mass is 10.2. The summed E-state index contributed by atoms with van der Waals surface area (Å²) in [6.07, 6.45) is 0.759. The van der Waals surface area contributed by atoms with Crippen molar-refractivity contribution in [2.75, 3.05) is 0 Å². The molecule has 0 amide bonds. The average molecular weight is 223 g/mol. The molecule has 0 unspecified atom stereocenters. The van der Waals surface area contributed by atoms with Gasteiger partial charge in [0.25, 0.3) is 0 Å². The highest BCUT2D eigenvalue weighted by Crippen LogP contribution is 2.13. The Morgan fingerprint density at radius 3 is 2.27 bits per heavy atom. The van der Waals surface area contributed by atoms with Crippen LogP contribution in [0.2, 0.25) is 0 Å². The fourth-order valence-corrected chi connectivity index (χ4v) is 0.626. The number of halogens is 1. The Bertz CT molecular complexity index is 138. The minimum Gasteiger partial charge on any atom is -0.459 e. The van der Waals surface area contributed by atoms with Crippen LogP contribution in [-0.2, 0) is 9.53 Å². The van der Waals surface area contributed by atoms with E-state index in [2.05, 4.69) is 15.9 Å². The molecule has 1 atom stereocenters. The first kappa shape index (κ1) is 11.0. The third-order valence-corrected chi connectivity index (χ3v) is 2.04. The molecule has 0 aromatic heterocycles. The maximum absolute atomic E-state index is 11.1. The summed E-state index contributed by atoms with van der Waals surface area (Å²) < 4.78 is 5.10. The average Bonchev–Trinajstić information content (AvgIpc) is 1.82. The van der Waals surface area contributed by atoms with Crippen LogP contribution in [0.15, 0.2) is 0 Å². The first-order valence-corrected chi connectivity index (χ1v) is 4.65. The van der Waals surface area contributed by atoms with Gasteiger partial charge in [-0.05, 0) is 27.2 Å². The summed E-state index contributed by atoms with van der Waals surface area (Å²) in [4.78, 5) is 11.0. The van der Waals surface area contributed by atoms with Crippen LogP contribution in [0, 0.1) is 0 Å². The van der Waals surface area contributed by atoms with E-state index >= 15 is 0 Å². The predicted octanol–water partition coefficient (Wildman–Crippen LogP) is 2.50. The molecule has 0 aromatic carbocycles. The Labute approximate surface area is 76.4 Å². The summed E-state index contributed by atoms with van der Waals surface area (Å²) in [7, 11) is 0. The molecule has 0 radical (unpaired) electrons. The highest BCUT2D eigenvalue weighted by atomic mass is 79.9. The molecule has 0 aliphatic carbocycles. The van der Waals surface area contributed by atoms with E-state index < -0.39 is 0 Å². The van der Waals surface area contributed by atoms with Gasteiger partial charge in [0.2, 0.25) is 0 Å². The molecule has 0 saturated heterocycles. The molecule has 0 bridgehead atoms. The van der Waals surface area contributed by atoms with E-state index in [-0.39, 0.29) is 16.4 Å². The zero-order valence-electron chi connectivity index (χ0n) is 7.48. The van der Waals surface area contributed by atoms with Crippen molar-refractivity contribution in [2.24, 2.45) is 0 Å². The molecule has 0 N–H and O–H groups in total. The Morgan fingerprint density at radius 1 is 1.55 bits per heavy atom. The molecule has 0 saturated carbocycles. The molecule has 0 aliphatic heterocycles. The number of alkyl halides is 1. The van der Waals surface area contributed by atoms with Crippen LogP contribution in [0.1, 0.15) is 34.1 Å². The largest absolute Gasteiger partial charge is 0.459 e. The number of hydrogen-bond donors (Lipinski definition) is 0. The predicted molar refractivity (Wildman–Crippen MR) is 48.9 cm³/mol. The summed E-state index contributed by atoms with van der Waals surface area (Å²) in [5.41, 5.74) is -0.377.